The van der Waals surface area contributed by atoms with E-state index in [0.29, 0.717) is 13.0 Å². The van der Waals surface area contributed by atoms with Crippen molar-refractivity contribution < 1.29 is 17.9 Å². The number of hydrogen-bond acceptors (Lipinski definition) is 5. The van der Waals surface area contributed by atoms with Gasteiger partial charge in [0.05, 0.1) is 5.75 Å². The number of nitrogens with two attached hydrogens (primary N) is 1. The predicted octanol–water partition coefficient (Wildman–Crippen LogP) is 0.236. The summed E-state index contributed by atoms with van der Waals surface area (Å²) in [5.41, 5.74) is 5.22. The molecule has 94 valence electrons. The standard InChI is InChI=1S/C10H19NO4S/c11-6-3-7-16(13,14)8-10(12)15-9-4-1-2-5-9/h9H,1-8,11H2. The lowest BCUT2D eigenvalue weighted by Gasteiger charge is -2.11. The molecular formula is C10H19NO4S. The molecule has 0 aromatic carbocycles. The van der Waals surface area contributed by atoms with Crippen LogP contribution in [0.1, 0.15) is 32.1 Å². The first-order valence-corrected chi connectivity index (χ1v) is 7.45. The second-order valence-electron chi connectivity index (χ2n) is 4.13. The van der Waals surface area contributed by atoms with Gasteiger partial charge in [0, 0.05) is 0 Å². The lowest BCUT2D eigenvalue weighted by atomic mass is 10.3. The lowest BCUT2D eigenvalue weighted by Crippen LogP contribution is -2.25. The molecule has 1 aliphatic carbocycles. The van der Waals surface area contributed by atoms with E-state index in [0.717, 1.165) is 25.7 Å². The van der Waals surface area contributed by atoms with E-state index >= 15 is 0 Å². The van der Waals surface area contributed by atoms with E-state index in [9.17, 15) is 13.2 Å². The van der Waals surface area contributed by atoms with Crippen molar-refractivity contribution in [2.45, 2.75) is 38.2 Å². The van der Waals surface area contributed by atoms with Crippen LogP contribution in [0.4, 0.5) is 0 Å². The fourth-order valence-corrected chi connectivity index (χ4v) is 2.96. The molecule has 1 rings (SSSR count). The number of rotatable bonds is 6. The molecule has 0 aromatic heterocycles. The van der Waals surface area contributed by atoms with Gasteiger partial charge >= 0.3 is 5.97 Å². The summed E-state index contributed by atoms with van der Waals surface area (Å²) in [6, 6.07) is 0. The summed E-state index contributed by atoms with van der Waals surface area (Å²) in [5, 5.41) is 0. The van der Waals surface area contributed by atoms with Crippen LogP contribution in [0.5, 0.6) is 0 Å². The molecule has 0 amide bonds. The Kier molecular flexibility index (Phi) is 5.21. The van der Waals surface area contributed by atoms with Gasteiger partial charge in [-0.3, -0.25) is 4.79 Å². The smallest absolute Gasteiger partial charge is 0.321 e. The zero-order valence-electron chi connectivity index (χ0n) is 9.35. The van der Waals surface area contributed by atoms with E-state index in [1.54, 1.807) is 0 Å². The van der Waals surface area contributed by atoms with Gasteiger partial charge in [0.25, 0.3) is 0 Å². The number of sulfone groups is 1. The molecule has 6 heteroatoms. The van der Waals surface area contributed by atoms with Gasteiger partial charge < -0.3 is 10.5 Å². The quantitative estimate of drug-likeness (QED) is 0.681. The second kappa shape index (κ2) is 6.20. The van der Waals surface area contributed by atoms with Gasteiger partial charge in [-0.2, -0.15) is 0 Å². The maximum atomic E-state index is 11.4. The highest BCUT2D eigenvalue weighted by atomic mass is 32.2. The number of hydrogen-bond donors (Lipinski definition) is 1. The van der Waals surface area contributed by atoms with E-state index in [1.165, 1.54) is 0 Å². The molecule has 0 aliphatic heterocycles. The van der Waals surface area contributed by atoms with E-state index in [-0.39, 0.29) is 11.9 Å². The van der Waals surface area contributed by atoms with Crippen molar-refractivity contribution in [2.75, 3.05) is 18.1 Å². The van der Waals surface area contributed by atoms with Crippen molar-refractivity contribution in [2.24, 2.45) is 5.73 Å². The normalized spacial score (nSPS) is 17.6. The maximum Gasteiger partial charge on any atom is 0.321 e. The minimum absolute atomic E-state index is 0.0384. The Bertz CT molecular complexity index is 320. The molecule has 0 atom stereocenters. The van der Waals surface area contributed by atoms with Crippen LogP contribution in [0.25, 0.3) is 0 Å². The summed E-state index contributed by atoms with van der Waals surface area (Å²) < 4.78 is 27.9. The Labute approximate surface area is 96.3 Å². The molecule has 0 bridgehead atoms. The van der Waals surface area contributed by atoms with Gasteiger partial charge in [0.15, 0.2) is 9.84 Å². The van der Waals surface area contributed by atoms with Crippen molar-refractivity contribution in [1.82, 2.24) is 0 Å². The molecule has 1 fully saturated rings. The zero-order chi connectivity index (χ0) is 12.0. The first kappa shape index (κ1) is 13.4. The molecule has 0 unspecified atom stereocenters. The number of esters is 1. The minimum Gasteiger partial charge on any atom is -0.462 e. The maximum absolute atomic E-state index is 11.4. The Hall–Kier alpha value is -0.620. The third-order valence-corrected chi connectivity index (χ3v) is 4.18. The van der Waals surface area contributed by atoms with Crippen LogP contribution in [0.3, 0.4) is 0 Å². The van der Waals surface area contributed by atoms with Crippen LogP contribution in [0.2, 0.25) is 0 Å². The van der Waals surface area contributed by atoms with Crippen LogP contribution < -0.4 is 5.73 Å². The number of ether oxygens (including phenoxy) is 1. The van der Waals surface area contributed by atoms with E-state index in [4.69, 9.17) is 10.5 Å². The first-order valence-electron chi connectivity index (χ1n) is 5.63. The van der Waals surface area contributed by atoms with Crippen molar-refractivity contribution in [3.05, 3.63) is 0 Å². The molecule has 0 radical (unpaired) electrons. The van der Waals surface area contributed by atoms with E-state index in [1.807, 2.05) is 0 Å². The van der Waals surface area contributed by atoms with Crippen LogP contribution >= 0.6 is 0 Å². The van der Waals surface area contributed by atoms with Gasteiger partial charge in [0.2, 0.25) is 0 Å². The Morgan fingerprint density at radius 1 is 1.31 bits per heavy atom. The molecule has 0 aromatic rings. The van der Waals surface area contributed by atoms with Crippen LogP contribution in [-0.4, -0.2) is 38.5 Å². The summed E-state index contributed by atoms with van der Waals surface area (Å²) in [5.74, 6) is -1.17. The molecule has 0 spiro atoms. The highest BCUT2D eigenvalue weighted by Gasteiger charge is 2.23. The van der Waals surface area contributed by atoms with Crippen LogP contribution in [-0.2, 0) is 19.4 Å². The lowest BCUT2D eigenvalue weighted by molar-refractivity contribution is -0.145. The first-order chi connectivity index (χ1) is 7.53. The Morgan fingerprint density at radius 2 is 1.94 bits per heavy atom. The third kappa shape index (κ3) is 4.94. The van der Waals surface area contributed by atoms with Crippen molar-refractivity contribution >= 4 is 15.8 Å². The fourth-order valence-electron chi connectivity index (χ4n) is 1.78. The topological polar surface area (TPSA) is 86.5 Å². The highest BCUT2D eigenvalue weighted by Crippen LogP contribution is 2.21. The van der Waals surface area contributed by atoms with Gasteiger partial charge in [-0.1, -0.05) is 0 Å². The molecule has 5 nitrogen and oxygen atoms in total. The molecule has 16 heavy (non-hydrogen) atoms. The summed E-state index contributed by atoms with van der Waals surface area (Å²) in [4.78, 5) is 11.3. The summed E-state index contributed by atoms with van der Waals surface area (Å²) in [7, 11) is -3.34. The van der Waals surface area contributed by atoms with Crippen molar-refractivity contribution in [3.8, 4) is 0 Å². The van der Waals surface area contributed by atoms with Gasteiger partial charge in [-0.15, -0.1) is 0 Å². The summed E-state index contributed by atoms with van der Waals surface area (Å²) >= 11 is 0. The summed E-state index contributed by atoms with van der Waals surface area (Å²) in [6.45, 7) is 0.316. The molecule has 0 heterocycles. The Morgan fingerprint density at radius 3 is 2.50 bits per heavy atom. The van der Waals surface area contributed by atoms with Gasteiger partial charge in [-0.05, 0) is 38.6 Å². The average molecular weight is 249 g/mol. The fraction of sp³-hybridized carbons (Fsp3) is 0.900. The van der Waals surface area contributed by atoms with Crippen molar-refractivity contribution in [1.29, 1.82) is 0 Å². The molecular weight excluding hydrogens is 230 g/mol. The molecule has 1 aliphatic rings. The highest BCUT2D eigenvalue weighted by molar-refractivity contribution is 7.92. The predicted molar refractivity (Wildman–Crippen MR) is 60.7 cm³/mol. The average Bonchev–Trinajstić information content (AvgIpc) is 2.66. The van der Waals surface area contributed by atoms with Gasteiger partial charge in [-0.25, -0.2) is 8.42 Å². The Balaban J connectivity index is 2.32. The van der Waals surface area contributed by atoms with Gasteiger partial charge in [0.1, 0.15) is 11.9 Å². The van der Waals surface area contributed by atoms with Crippen molar-refractivity contribution in [3.63, 3.8) is 0 Å². The summed E-state index contributed by atoms with van der Waals surface area (Å²) in [6.07, 6.45) is 4.13. The SMILES string of the molecule is NCCCS(=O)(=O)CC(=O)OC1CCCC1. The largest absolute Gasteiger partial charge is 0.462 e. The van der Waals surface area contributed by atoms with Crippen LogP contribution in [0, 0.1) is 0 Å². The second-order valence-corrected chi connectivity index (χ2v) is 6.31. The minimum atomic E-state index is -3.34. The molecule has 1 saturated carbocycles. The van der Waals surface area contributed by atoms with Crippen LogP contribution in [0.15, 0.2) is 0 Å². The number of carbonyl (C=O) groups is 1. The molecule has 0 saturated heterocycles. The monoisotopic (exact) mass is 249 g/mol. The third-order valence-electron chi connectivity index (χ3n) is 2.60. The zero-order valence-corrected chi connectivity index (χ0v) is 10.2. The number of carbonyl (C=O) groups excluding carboxylic acids is 1. The molecule has 2 N–H and O–H groups in total. The van der Waals surface area contributed by atoms with E-state index in [2.05, 4.69) is 0 Å². The van der Waals surface area contributed by atoms with E-state index < -0.39 is 21.6 Å².